The van der Waals surface area contributed by atoms with Crippen LogP contribution in [0, 0.1) is 5.92 Å². The third-order valence-electron chi connectivity index (χ3n) is 6.82. The van der Waals surface area contributed by atoms with Crippen molar-refractivity contribution in [1.29, 1.82) is 0 Å². The molecule has 1 N–H and O–H groups in total. The minimum absolute atomic E-state index is 0.0217. The first-order valence-corrected chi connectivity index (χ1v) is 11.5. The molecule has 0 bridgehead atoms. The van der Waals surface area contributed by atoms with Crippen LogP contribution in [0.15, 0.2) is 72.8 Å². The number of benzene rings is 3. The number of amides is 2. The van der Waals surface area contributed by atoms with Gasteiger partial charge in [0, 0.05) is 19.5 Å². The van der Waals surface area contributed by atoms with Gasteiger partial charge in [0.2, 0.25) is 11.8 Å². The van der Waals surface area contributed by atoms with E-state index < -0.39 is 0 Å². The Morgan fingerprint density at radius 1 is 0.970 bits per heavy atom. The predicted octanol–water partition coefficient (Wildman–Crippen LogP) is 4.36. The van der Waals surface area contributed by atoms with Crippen LogP contribution in [0.1, 0.15) is 35.6 Å². The molecule has 1 fully saturated rings. The second-order valence-corrected chi connectivity index (χ2v) is 8.79. The van der Waals surface area contributed by atoms with Crippen LogP contribution in [-0.4, -0.2) is 36.9 Å². The van der Waals surface area contributed by atoms with Crippen molar-refractivity contribution in [2.75, 3.05) is 20.2 Å². The van der Waals surface area contributed by atoms with Crippen molar-refractivity contribution in [3.8, 4) is 16.9 Å². The molecule has 1 saturated heterocycles. The highest BCUT2D eigenvalue weighted by Gasteiger charge is 2.34. The van der Waals surface area contributed by atoms with E-state index in [-0.39, 0.29) is 23.8 Å². The molecule has 3 aromatic carbocycles. The van der Waals surface area contributed by atoms with Gasteiger partial charge in [-0.05, 0) is 52.8 Å². The quantitative estimate of drug-likeness (QED) is 0.620. The van der Waals surface area contributed by atoms with E-state index >= 15 is 0 Å². The van der Waals surface area contributed by atoms with Crippen molar-refractivity contribution in [2.45, 2.75) is 25.3 Å². The van der Waals surface area contributed by atoms with E-state index in [0.29, 0.717) is 25.9 Å². The second-order valence-electron chi connectivity index (χ2n) is 8.79. The number of ether oxygens (including phenoxy) is 1. The summed E-state index contributed by atoms with van der Waals surface area (Å²) in [5.74, 6) is 0.774. The second kappa shape index (κ2) is 9.10. The number of fused-ring (bicyclic) bond motifs is 3. The fourth-order valence-corrected chi connectivity index (χ4v) is 4.97. The molecule has 2 aliphatic rings. The maximum absolute atomic E-state index is 13.3. The predicted molar refractivity (Wildman–Crippen MR) is 128 cm³/mol. The average molecular weight is 441 g/mol. The average Bonchev–Trinajstić information content (AvgIpc) is 3.17. The standard InChI is InChI=1S/C28H28N2O3/c1-33-21-13-10-19(11-14-21)16-17-30-18-20(12-15-26(30)31)28(32)29-27-24-8-4-2-6-22(24)23-7-3-5-9-25(23)27/h2-11,13-14,20,27H,12,15-18H2,1H3,(H,29,32). The molecule has 5 rings (SSSR count). The van der Waals surface area contributed by atoms with E-state index in [9.17, 15) is 9.59 Å². The number of likely N-dealkylation sites (tertiary alicyclic amines) is 1. The first kappa shape index (κ1) is 21.3. The summed E-state index contributed by atoms with van der Waals surface area (Å²) in [7, 11) is 1.65. The Labute approximate surface area is 194 Å². The van der Waals surface area contributed by atoms with Gasteiger partial charge in [-0.1, -0.05) is 60.7 Å². The molecule has 33 heavy (non-hydrogen) atoms. The summed E-state index contributed by atoms with van der Waals surface area (Å²) in [6.07, 6.45) is 1.77. The van der Waals surface area contributed by atoms with Crippen molar-refractivity contribution < 1.29 is 14.3 Å². The molecule has 1 aliphatic carbocycles. The Balaban J connectivity index is 1.26. The number of nitrogens with one attached hydrogen (secondary N) is 1. The number of piperidine rings is 1. The molecule has 1 aliphatic heterocycles. The van der Waals surface area contributed by atoms with Gasteiger partial charge in [0.05, 0.1) is 19.1 Å². The lowest BCUT2D eigenvalue weighted by Crippen LogP contribution is -2.47. The summed E-state index contributed by atoms with van der Waals surface area (Å²) in [6.45, 7) is 1.08. The van der Waals surface area contributed by atoms with E-state index in [2.05, 4.69) is 29.6 Å². The molecular formula is C28H28N2O3. The highest BCUT2D eigenvalue weighted by atomic mass is 16.5. The molecular weight excluding hydrogens is 412 g/mol. The molecule has 0 spiro atoms. The monoisotopic (exact) mass is 440 g/mol. The number of rotatable bonds is 6. The topological polar surface area (TPSA) is 58.6 Å². The van der Waals surface area contributed by atoms with Gasteiger partial charge in [-0.25, -0.2) is 0 Å². The van der Waals surface area contributed by atoms with Gasteiger partial charge in [0.1, 0.15) is 5.75 Å². The first-order valence-electron chi connectivity index (χ1n) is 11.5. The van der Waals surface area contributed by atoms with E-state index in [1.165, 1.54) is 11.1 Å². The third-order valence-corrected chi connectivity index (χ3v) is 6.82. The van der Waals surface area contributed by atoms with Gasteiger partial charge in [-0.2, -0.15) is 0 Å². The fraction of sp³-hybridized carbons (Fsp3) is 0.286. The van der Waals surface area contributed by atoms with Crippen molar-refractivity contribution in [2.24, 2.45) is 5.92 Å². The van der Waals surface area contributed by atoms with Crippen LogP contribution < -0.4 is 10.1 Å². The molecule has 168 valence electrons. The molecule has 1 unspecified atom stereocenters. The zero-order valence-corrected chi connectivity index (χ0v) is 18.8. The van der Waals surface area contributed by atoms with Crippen LogP contribution in [0.25, 0.3) is 11.1 Å². The first-order chi connectivity index (χ1) is 16.1. The third kappa shape index (κ3) is 4.23. The summed E-state index contributed by atoms with van der Waals surface area (Å²) in [5.41, 5.74) is 5.77. The number of carbonyl (C=O) groups is 2. The normalized spacial score (nSPS) is 17.4. The number of nitrogens with zero attached hydrogens (tertiary/aromatic N) is 1. The molecule has 3 aromatic rings. The summed E-state index contributed by atoms with van der Waals surface area (Å²) in [4.78, 5) is 27.7. The minimum Gasteiger partial charge on any atom is -0.497 e. The SMILES string of the molecule is COc1ccc(CCN2CC(C(=O)NC3c4ccccc4-c4ccccc43)CCC2=O)cc1. The molecule has 5 heteroatoms. The Bertz CT molecular complexity index is 1130. The van der Waals surface area contributed by atoms with Crippen LogP contribution in [0.5, 0.6) is 5.75 Å². The molecule has 1 atom stereocenters. The molecule has 0 aromatic heterocycles. The van der Waals surface area contributed by atoms with Crippen molar-refractivity contribution in [1.82, 2.24) is 10.2 Å². The van der Waals surface area contributed by atoms with Crippen LogP contribution in [-0.2, 0) is 16.0 Å². The minimum atomic E-state index is -0.196. The fourth-order valence-electron chi connectivity index (χ4n) is 4.97. The Morgan fingerprint density at radius 3 is 2.24 bits per heavy atom. The molecule has 5 nitrogen and oxygen atoms in total. The number of carbonyl (C=O) groups excluding carboxylic acids is 2. The summed E-state index contributed by atoms with van der Waals surface area (Å²) >= 11 is 0. The van der Waals surface area contributed by atoms with Crippen molar-refractivity contribution >= 4 is 11.8 Å². The number of methoxy groups -OCH3 is 1. The van der Waals surface area contributed by atoms with Gasteiger partial charge in [0.15, 0.2) is 0 Å². The van der Waals surface area contributed by atoms with Gasteiger partial charge in [-0.3, -0.25) is 9.59 Å². The van der Waals surface area contributed by atoms with E-state index in [4.69, 9.17) is 4.74 Å². The highest BCUT2D eigenvalue weighted by molar-refractivity contribution is 5.86. The Kier molecular flexibility index (Phi) is 5.86. The van der Waals surface area contributed by atoms with Gasteiger partial charge in [-0.15, -0.1) is 0 Å². The molecule has 2 amide bonds. The highest BCUT2D eigenvalue weighted by Crippen LogP contribution is 2.43. The summed E-state index contributed by atoms with van der Waals surface area (Å²) in [6, 6.07) is 24.3. The maximum Gasteiger partial charge on any atom is 0.225 e. The van der Waals surface area contributed by atoms with Crippen LogP contribution >= 0.6 is 0 Å². The van der Waals surface area contributed by atoms with E-state index in [1.807, 2.05) is 53.4 Å². The largest absolute Gasteiger partial charge is 0.497 e. The molecule has 0 radical (unpaired) electrons. The summed E-state index contributed by atoms with van der Waals surface area (Å²) in [5, 5.41) is 3.29. The summed E-state index contributed by atoms with van der Waals surface area (Å²) < 4.78 is 5.21. The van der Waals surface area contributed by atoms with Gasteiger partial charge >= 0.3 is 0 Å². The molecule has 1 heterocycles. The Morgan fingerprint density at radius 2 is 1.61 bits per heavy atom. The van der Waals surface area contributed by atoms with Crippen LogP contribution in [0.3, 0.4) is 0 Å². The lowest BCUT2D eigenvalue weighted by Gasteiger charge is -2.32. The lowest BCUT2D eigenvalue weighted by atomic mass is 9.95. The van der Waals surface area contributed by atoms with Crippen molar-refractivity contribution in [3.05, 3.63) is 89.5 Å². The zero-order valence-electron chi connectivity index (χ0n) is 18.8. The van der Waals surface area contributed by atoms with E-state index in [1.54, 1.807) is 7.11 Å². The number of hydrogen-bond acceptors (Lipinski definition) is 3. The smallest absolute Gasteiger partial charge is 0.225 e. The van der Waals surface area contributed by atoms with Crippen LogP contribution in [0.2, 0.25) is 0 Å². The molecule has 0 saturated carbocycles. The maximum atomic E-state index is 13.3. The van der Waals surface area contributed by atoms with Crippen LogP contribution in [0.4, 0.5) is 0 Å². The lowest BCUT2D eigenvalue weighted by molar-refractivity contribution is -0.138. The van der Waals surface area contributed by atoms with Gasteiger partial charge in [0.25, 0.3) is 0 Å². The van der Waals surface area contributed by atoms with Gasteiger partial charge < -0.3 is 15.0 Å². The van der Waals surface area contributed by atoms with E-state index in [0.717, 1.165) is 28.9 Å². The van der Waals surface area contributed by atoms with Crippen molar-refractivity contribution in [3.63, 3.8) is 0 Å². The zero-order chi connectivity index (χ0) is 22.8. The Hall–Kier alpha value is -3.60. The number of hydrogen-bond donors (Lipinski definition) is 1.